The minimum Gasteiger partial charge on any atom is -0.351 e. The van der Waals surface area contributed by atoms with Crippen molar-refractivity contribution < 1.29 is 9.59 Å². The van der Waals surface area contributed by atoms with Crippen LogP contribution in [0.5, 0.6) is 0 Å². The summed E-state index contributed by atoms with van der Waals surface area (Å²) in [4.78, 5) is 28.6. The van der Waals surface area contributed by atoms with Gasteiger partial charge in [0.05, 0.1) is 22.2 Å². The van der Waals surface area contributed by atoms with E-state index in [9.17, 15) is 9.59 Å². The molecular formula is C20H21Cl2N3O2. The molecule has 0 bridgehead atoms. The number of amides is 2. The van der Waals surface area contributed by atoms with Gasteiger partial charge in [-0.15, -0.1) is 0 Å². The first kappa shape index (κ1) is 19.7. The van der Waals surface area contributed by atoms with Crippen LogP contribution in [0.4, 0.5) is 0 Å². The van der Waals surface area contributed by atoms with Crippen molar-refractivity contribution in [3.63, 3.8) is 0 Å². The molecule has 1 N–H and O–H groups in total. The molecule has 0 aromatic heterocycles. The lowest BCUT2D eigenvalue weighted by Gasteiger charge is -2.34. The number of hydrogen-bond acceptors (Lipinski definition) is 3. The lowest BCUT2D eigenvalue weighted by atomic mass is 10.1. The highest BCUT2D eigenvalue weighted by atomic mass is 35.5. The summed E-state index contributed by atoms with van der Waals surface area (Å²) in [6.45, 7) is 3.23. The smallest absolute Gasteiger partial charge is 0.255 e. The van der Waals surface area contributed by atoms with Crippen molar-refractivity contribution in [2.45, 2.75) is 6.54 Å². The Balaban J connectivity index is 1.46. The summed E-state index contributed by atoms with van der Waals surface area (Å²) in [5.74, 6) is -0.146. The van der Waals surface area contributed by atoms with Gasteiger partial charge in [-0.1, -0.05) is 59.6 Å². The Morgan fingerprint density at radius 3 is 2.33 bits per heavy atom. The van der Waals surface area contributed by atoms with Crippen molar-refractivity contribution in [1.82, 2.24) is 15.1 Å². The molecule has 2 amide bonds. The number of carbonyl (C=O) groups is 2. The lowest BCUT2D eigenvalue weighted by molar-refractivity contribution is -0.122. The van der Waals surface area contributed by atoms with Crippen molar-refractivity contribution in [2.24, 2.45) is 0 Å². The van der Waals surface area contributed by atoms with Gasteiger partial charge < -0.3 is 10.2 Å². The number of benzene rings is 2. The Hall–Kier alpha value is -2.08. The predicted molar refractivity (Wildman–Crippen MR) is 107 cm³/mol. The van der Waals surface area contributed by atoms with E-state index in [2.05, 4.69) is 5.32 Å². The molecule has 1 aliphatic heterocycles. The number of nitrogens with zero attached hydrogens (tertiary/aromatic N) is 2. The molecule has 1 fully saturated rings. The minimum atomic E-state index is -0.129. The van der Waals surface area contributed by atoms with Gasteiger partial charge in [0.25, 0.3) is 5.91 Å². The van der Waals surface area contributed by atoms with Crippen LogP contribution in [-0.2, 0) is 11.3 Å². The van der Waals surface area contributed by atoms with Gasteiger partial charge in [-0.05, 0) is 17.7 Å². The van der Waals surface area contributed by atoms with Crippen LogP contribution < -0.4 is 5.32 Å². The fourth-order valence-corrected chi connectivity index (χ4v) is 3.39. The first-order valence-electron chi connectivity index (χ1n) is 8.81. The molecule has 2 aromatic carbocycles. The van der Waals surface area contributed by atoms with Gasteiger partial charge in [0.2, 0.25) is 5.91 Å². The third kappa shape index (κ3) is 5.22. The molecule has 1 heterocycles. The van der Waals surface area contributed by atoms with Crippen molar-refractivity contribution in [3.8, 4) is 0 Å². The Bertz CT molecular complexity index is 806. The zero-order valence-corrected chi connectivity index (χ0v) is 16.3. The molecule has 7 heteroatoms. The third-order valence-corrected chi connectivity index (χ3v) is 5.36. The van der Waals surface area contributed by atoms with E-state index >= 15 is 0 Å². The largest absolute Gasteiger partial charge is 0.351 e. The average molecular weight is 406 g/mol. The first-order valence-corrected chi connectivity index (χ1v) is 9.56. The molecule has 2 aromatic rings. The second-order valence-electron chi connectivity index (χ2n) is 6.43. The molecule has 1 saturated heterocycles. The molecule has 0 unspecified atom stereocenters. The highest BCUT2D eigenvalue weighted by Crippen LogP contribution is 2.26. The molecular weight excluding hydrogens is 385 g/mol. The molecule has 5 nitrogen and oxygen atoms in total. The molecule has 0 saturated carbocycles. The summed E-state index contributed by atoms with van der Waals surface area (Å²) >= 11 is 12.1. The fraction of sp³-hybridized carbons (Fsp3) is 0.300. The highest BCUT2D eigenvalue weighted by molar-refractivity contribution is 6.43. The Kier molecular flexibility index (Phi) is 6.72. The van der Waals surface area contributed by atoms with Crippen molar-refractivity contribution in [3.05, 3.63) is 69.7 Å². The number of halogens is 2. The standard InChI is InChI=1S/C20H21Cl2N3O2/c21-17-8-4-7-16(19(17)22)20(27)25-11-9-24(10-12-25)14-18(26)23-13-15-5-2-1-3-6-15/h1-8H,9-14H2,(H,23,26). The van der Waals surface area contributed by atoms with Gasteiger partial charge >= 0.3 is 0 Å². The second-order valence-corrected chi connectivity index (χ2v) is 7.22. The van der Waals surface area contributed by atoms with E-state index in [0.29, 0.717) is 49.9 Å². The van der Waals surface area contributed by atoms with Gasteiger partial charge in [0.1, 0.15) is 0 Å². The number of nitrogens with one attached hydrogen (secondary N) is 1. The summed E-state index contributed by atoms with van der Waals surface area (Å²) in [7, 11) is 0. The SMILES string of the molecule is O=C(CN1CCN(C(=O)c2cccc(Cl)c2Cl)CC1)NCc1ccccc1. The predicted octanol–water partition coefficient (Wildman–Crippen LogP) is 3.07. The lowest BCUT2D eigenvalue weighted by Crippen LogP contribution is -2.51. The quantitative estimate of drug-likeness (QED) is 0.831. The molecule has 0 atom stereocenters. The van der Waals surface area contributed by atoms with E-state index in [0.717, 1.165) is 5.56 Å². The summed E-state index contributed by atoms with van der Waals surface area (Å²) in [5.41, 5.74) is 1.48. The number of piperazine rings is 1. The Morgan fingerprint density at radius 1 is 0.926 bits per heavy atom. The van der Waals surface area contributed by atoms with Crippen molar-refractivity contribution >= 4 is 35.0 Å². The van der Waals surface area contributed by atoms with Gasteiger partial charge in [0, 0.05) is 32.7 Å². The van der Waals surface area contributed by atoms with Crippen LogP contribution in [0, 0.1) is 0 Å². The van der Waals surface area contributed by atoms with Crippen LogP contribution >= 0.6 is 23.2 Å². The maximum absolute atomic E-state index is 12.6. The molecule has 3 rings (SSSR count). The average Bonchev–Trinajstić information content (AvgIpc) is 2.69. The normalized spacial score (nSPS) is 14.8. The van der Waals surface area contributed by atoms with Gasteiger partial charge in [0.15, 0.2) is 0 Å². The minimum absolute atomic E-state index is 0.0171. The van der Waals surface area contributed by atoms with E-state index < -0.39 is 0 Å². The summed E-state index contributed by atoms with van der Waals surface area (Å²) in [6, 6.07) is 14.9. The van der Waals surface area contributed by atoms with Crippen LogP contribution in [0.25, 0.3) is 0 Å². The van der Waals surface area contributed by atoms with Crippen molar-refractivity contribution in [2.75, 3.05) is 32.7 Å². The topological polar surface area (TPSA) is 52.7 Å². The monoisotopic (exact) mass is 405 g/mol. The highest BCUT2D eigenvalue weighted by Gasteiger charge is 2.25. The number of rotatable bonds is 5. The zero-order valence-electron chi connectivity index (χ0n) is 14.8. The summed E-state index contributed by atoms with van der Waals surface area (Å²) in [6.07, 6.45) is 0. The Morgan fingerprint density at radius 2 is 1.63 bits per heavy atom. The van der Waals surface area contributed by atoms with Gasteiger partial charge in [-0.2, -0.15) is 0 Å². The van der Waals surface area contributed by atoms with Gasteiger partial charge in [-0.25, -0.2) is 0 Å². The van der Waals surface area contributed by atoms with E-state index in [-0.39, 0.29) is 16.8 Å². The molecule has 1 aliphatic rings. The maximum Gasteiger partial charge on any atom is 0.255 e. The number of carbonyl (C=O) groups excluding carboxylic acids is 2. The van der Waals surface area contributed by atoms with E-state index in [1.807, 2.05) is 35.2 Å². The molecule has 142 valence electrons. The summed E-state index contributed by atoms with van der Waals surface area (Å²) < 4.78 is 0. The molecule has 0 radical (unpaired) electrons. The first-order chi connectivity index (χ1) is 13.0. The molecule has 0 spiro atoms. The van der Waals surface area contributed by atoms with Crippen LogP contribution in [0.1, 0.15) is 15.9 Å². The number of hydrogen-bond donors (Lipinski definition) is 1. The van der Waals surface area contributed by atoms with E-state index in [1.165, 1.54) is 0 Å². The molecule has 0 aliphatic carbocycles. The van der Waals surface area contributed by atoms with Gasteiger partial charge in [-0.3, -0.25) is 14.5 Å². The maximum atomic E-state index is 12.6. The van der Waals surface area contributed by atoms with E-state index in [1.54, 1.807) is 23.1 Å². The second kappa shape index (κ2) is 9.22. The van der Waals surface area contributed by atoms with Crippen molar-refractivity contribution in [1.29, 1.82) is 0 Å². The van der Waals surface area contributed by atoms with Crippen LogP contribution in [0.15, 0.2) is 48.5 Å². The Labute approximate surface area is 168 Å². The fourth-order valence-electron chi connectivity index (χ4n) is 3.00. The van der Waals surface area contributed by atoms with E-state index in [4.69, 9.17) is 23.2 Å². The zero-order chi connectivity index (χ0) is 19.2. The third-order valence-electron chi connectivity index (χ3n) is 4.54. The van der Waals surface area contributed by atoms with Crippen LogP contribution in [-0.4, -0.2) is 54.3 Å². The summed E-state index contributed by atoms with van der Waals surface area (Å²) in [5, 5.41) is 3.58. The molecule has 27 heavy (non-hydrogen) atoms. The van der Waals surface area contributed by atoms with Crippen LogP contribution in [0.2, 0.25) is 10.0 Å². The van der Waals surface area contributed by atoms with Crippen LogP contribution in [0.3, 0.4) is 0 Å².